The van der Waals surface area contributed by atoms with Crippen LogP contribution in [0, 0.1) is 17.9 Å². The topological polar surface area (TPSA) is 38.0 Å². The Bertz CT molecular complexity index is 2750. The van der Waals surface area contributed by atoms with Gasteiger partial charge in [0.15, 0.2) is 5.69 Å². The molecule has 0 radical (unpaired) electrons. The van der Waals surface area contributed by atoms with Crippen molar-refractivity contribution in [3.8, 4) is 39.7 Å². The Balaban J connectivity index is 1.18. The second kappa shape index (κ2) is 10.9. The van der Waals surface area contributed by atoms with E-state index in [1.807, 2.05) is 42.5 Å². The molecule has 222 valence electrons. The first-order valence-corrected chi connectivity index (χ1v) is 15.9. The fourth-order valence-electron chi connectivity index (χ4n) is 7.26. The van der Waals surface area contributed by atoms with Gasteiger partial charge in [-0.3, -0.25) is 0 Å². The number of nitriles is 1. The number of para-hydroxylation sites is 3. The van der Waals surface area contributed by atoms with E-state index in [0.717, 1.165) is 55.4 Å². The Morgan fingerprint density at radius 3 is 1.79 bits per heavy atom. The zero-order valence-corrected chi connectivity index (χ0v) is 25.8. The number of aromatic nitrogens is 2. The van der Waals surface area contributed by atoms with Crippen LogP contribution in [0.25, 0.3) is 82.1 Å². The molecule has 9 aromatic rings. The second-order valence-corrected chi connectivity index (χ2v) is 12.0. The summed E-state index contributed by atoms with van der Waals surface area (Å²) < 4.78 is 4.53. The molecule has 2 aromatic heterocycles. The van der Waals surface area contributed by atoms with Crippen molar-refractivity contribution in [1.82, 2.24) is 9.13 Å². The number of hydrogen-bond donors (Lipinski definition) is 0. The molecule has 0 aliphatic heterocycles. The van der Waals surface area contributed by atoms with Crippen molar-refractivity contribution < 1.29 is 0 Å². The molecule has 0 N–H and O–H groups in total. The van der Waals surface area contributed by atoms with Gasteiger partial charge in [-0.2, -0.15) is 5.26 Å². The van der Waals surface area contributed by atoms with E-state index in [-0.39, 0.29) is 0 Å². The van der Waals surface area contributed by atoms with Gasteiger partial charge in [0.2, 0.25) is 0 Å². The molecule has 0 amide bonds. The monoisotopic (exact) mass is 610 g/mol. The highest BCUT2D eigenvalue weighted by atomic mass is 15.0. The van der Waals surface area contributed by atoms with Gasteiger partial charge in [0.1, 0.15) is 0 Å². The summed E-state index contributed by atoms with van der Waals surface area (Å²) in [5.74, 6) is 0. The highest BCUT2D eigenvalue weighted by molar-refractivity contribution is 6.12. The first-order valence-electron chi connectivity index (χ1n) is 15.9. The maximum atomic E-state index is 9.99. The molecule has 0 atom stereocenters. The third-order valence-corrected chi connectivity index (χ3v) is 9.38. The van der Waals surface area contributed by atoms with Gasteiger partial charge in [0.05, 0.1) is 40.3 Å². The van der Waals surface area contributed by atoms with Crippen LogP contribution < -0.4 is 0 Å². The fourth-order valence-corrected chi connectivity index (χ4v) is 7.26. The van der Waals surface area contributed by atoms with Gasteiger partial charge in [-0.05, 0) is 71.3 Å². The van der Waals surface area contributed by atoms with Crippen LogP contribution >= 0.6 is 0 Å². The van der Waals surface area contributed by atoms with E-state index in [4.69, 9.17) is 6.57 Å². The molecule has 0 bridgehead atoms. The van der Waals surface area contributed by atoms with Crippen molar-refractivity contribution in [2.24, 2.45) is 0 Å². The Morgan fingerprint density at radius 1 is 0.500 bits per heavy atom. The van der Waals surface area contributed by atoms with E-state index in [2.05, 4.69) is 135 Å². The predicted molar refractivity (Wildman–Crippen MR) is 197 cm³/mol. The lowest BCUT2D eigenvalue weighted by molar-refractivity contribution is 1.18. The number of nitrogens with zero attached hydrogens (tertiary/aromatic N) is 4. The predicted octanol–water partition coefficient (Wildman–Crippen LogP) is 11.6. The molecule has 0 unspecified atom stereocenters. The molecule has 0 aliphatic carbocycles. The molecule has 0 spiro atoms. The molecule has 48 heavy (non-hydrogen) atoms. The summed E-state index contributed by atoms with van der Waals surface area (Å²) in [6.07, 6.45) is 0. The summed E-state index contributed by atoms with van der Waals surface area (Å²) >= 11 is 0. The van der Waals surface area contributed by atoms with Crippen molar-refractivity contribution in [3.63, 3.8) is 0 Å². The Morgan fingerprint density at radius 2 is 1.10 bits per heavy atom. The molecule has 0 saturated heterocycles. The van der Waals surface area contributed by atoms with Crippen LogP contribution in [0.1, 0.15) is 5.56 Å². The molecule has 0 fully saturated rings. The summed E-state index contributed by atoms with van der Waals surface area (Å²) in [5, 5.41) is 14.4. The fraction of sp³-hybridized carbons (Fsp3) is 0. The van der Waals surface area contributed by atoms with Gasteiger partial charge in [0.25, 0.3) is 0 Å². The molecular formula is C44H26N4. The number of fused-ring (bicyclic) bond motifs is 6. The van der Waals surface area contributed by atoms with Gasteiger partial charge >= 0.3 is 0 Å². The minimum atomic E-state index is 0.563. The molecule has 0 saturated carbocycles. The third kappa shape index (κ3) is 4.14. The highest BCUT2D eigenvalue weighted by Gasteiger charge is 2.18. The highest BCUT2D eigenvalue weighted by Crippen LogP contribution is 2.40. The number of rotatable bonds is 4. The Hall–Kier alpha value is -6.88. The maximum Gasteiger partial charge on any atom is 0.189 e. The van der Waals surface area contributed by atoms with E-state index >= 15 is 0 Å². The van der Waals surface area contributed by atoms with E-state index < -0.39 is 0 Å². The van der Waals surface area contributed by atoms with Crippen molar-refractivity contribution in [2.75, 3.05) is 0 Å². The average Bonchev–Trinajstić information content (AvgIpc) is 3.68. The Labute approximate surface area is 277 Å². The molecule has 0 aliphatic rings. The van der Waals surface area contributed by atoms with Gasteiger partial charge in [-0.25, -0.2) is 4.85 Å². The van der Waals surface area contributed by atoms with Gasteiger partial charge in [-0.15, -0.1) is 0 Å². The van der Waals surface area contributed by atoms with Crippen molar-refractivity contribution in [1.29, 1.82) is 5.26 Å². The van der Waals surface area contributed by atoms with Crippen LogP contribution in [-0.4, -0.2) is 9.13 Å². The smallest absolute Gasteiger partial charge is 0.189 e. The lowest BCUT2D eigenvalue weighted by Gasteiger charge is -2.16. The van der Waals surface area contributed by atoms with Crippen LogP contribution in [0.4, 0.5) is 5.69 Å². The summed E-state index contributed by atoms with van der Waals surface area (Å²) in [6.45, 7) is 7.81. The lowest BCUT2D eigenvalue weighted by atomic mass is 9.97. The first kappa shape index (κ1) is 27.4. The third-order valence-electron chi connectivity index (χ3n) is 9.38. The van der Waals surface area contributed by atoms with Crippen LogP contribution in [0.2, 0.25) is 0 Å². The molecule has 2 heterocycles. The zero-order chi connectivity index (χ0) is 32.2. The van der Waals surface area contributed by atoms with Crippen molar-refractivity contribution >= 4 is 49.3 Å². The van der Waals surface area contributed by atoms with E-state index in [1.165, 1.54) is 21.8 Å². The second-order valence-electron chi connectivity index (χ2n) is 12.0. The van der Waals surface area contributed by atoms with Crippen LogP contribution in [0.5, 0.6) is 0 Å². The van der Waals surface area contributed by atoms with Gasteiger partial charge < -0.3 is 9.13 Å². The molecule has 7 aromatic carbocycles. The Kier molecular flexibility index (Phi) is 6.22. The largest absolute Gasteiger partial charge is 0.310 e. The van der Waals surface area contributed by atoms with Crippen LogP contribution in [0.15, 0.2) is 158 Å². The molecule has 9 rings (SSSR count). The minimum absolute atomic E-state index is 0.563. The minimum Gasteiger partial charge on any atom is -0.310 e. The van der Waals surface area contributed by atoms with E-state index in [9.17, 15) is 5.26 Å². The SMILES string of the molecule is [C-]#[N+]c1ccc(-c2cccc(-c3ccc(-n4c5ccccc5c5ccccc54)cc3)c2)c(-n2c3ccccc3c3c(C#N)cccc32)c1. The van der Waals surface area contributed by atoms with E-state index in [0.29, 0.717) is 11.3 Å². The van der Waals surface area contributed by atoms with Crippen LogP contribution in [-0.2, 0) is 0 Å². The molecular weight excluding hydrogens is 585 g/mol. The van der Waals surface area contributed by atoms with Crippen molar-refractivity contribution in [2.45, 2.75) is 0 Å². The summed E-state index contributed by atoms with van der Waals surface area (Å²) in [7, 11) is 0. The van der Waals surface area contributed by atoms with E-state index in [1.54, 1.807) is 0 Å². The van der Waals surface area contributed by atoms with Crippen LogP contribution in [0.3, 0.4) is 0 Å². The average molecular weight is 611 g/mol. The number of benzene rings is 7. The van der Waals surface area contributed by atoms with Gasteiger partial charge in [-0.1, -0.05) is 103 Å². The standard InChI is InChI=1S/C44H26N4/c1-46-33-22-25-35(43(27-33)48-41-18-7-4-15-38(41)44-32(28-45)12-9-19-42(44)48)31-11-8-10-30(26-31)29-20-23-34(24-21-29)47-39-16-5-2-13-36(39)37-14-3-6-17-40(37)47/h2-27H. The normalized spacial score (nSPS) is 11.3. The zero-order valence-electron chi connectivity index (χ0n) is 25.8. The number of hydrogen-bond acceptors (Lipinski definition) is 1. The summed E-state index contributed by atoms with van der Waals surface area (Å²) in [6, 6.07) is 56.8. The van der Waals surface area contributed by atoms with Crippen molar-refractivity contribution in [3.05, 3.63) is 175 Å². The maximum absolute atomic E-state index is 9.99. The molecule has 4 nitrogen and oxygen atoms in total. The summed E-state index contributed by atoms with van der Waals surface area (Å²) in [4.78, 5) is 3.78. The van der Waals surface area contributed by atoms with Gasteiger partial charge in [0, 0.05) is 38.5 Å². The lowest BCUT2D eigenvalue weighted by Crippen LogP contribution is -1.97. The molecule has 4 heteroatoms. The summed E-state index contributed by atoms with van der Waals surface area (Å²) in [5.41, 5.74) is 11.8. The first-order chi connectivity index (χ1) is 23.7. The quantitative estimate of drug-likeness (QED) is 0.183.